The van der Waals surface area contributed by atoms with E-state index in [1.807, 2.05) is 6.07 Å². The number of alkyl halides is 3. The molecule has 1 saturated heterocycles. The van der Waals surface area contributed by atoms with E-state index in [-0.39, 0.29) is 37.2 Å². The Labute approximate surface area is 196 Å². The zero-order valence-corrected chi connectivity index (χ0v) is 18.7. The largest absolute Gasteiger partial charge is 0.416 e. The first-order valence-corrected chi connectivity index (χ1v) is 11.3. The third-order valence-corrected chi connectivity index (χ3v) is 5.80. The lowest BCUT2D eigenvalue weighted by molar-refractivity contribution is -0.137. The van der Waals surface area contributed by atoms with Gasteiger partial charge in [-0.15, -0.1) is 0 Å². The van der Waals surface area contributed by atoms with Gasteiger partial charge in [0.2, 0.25) is 11.8 Å². The van der Waals surface area contributed by atoms with Gasteiger partial charge in [-0.3, -0.25) is 14.4 Å². The van der Waals surface area contributed by atoms with Crippen LogP contribution in [0.1, 0.15) is 47.2 Å². The van der Waals surface area contributed by atoms with Gasteiger partial charge in [0.05, 0.1) is 5.56 Å². The minimum Gasteiger partial charge on any atom is -0.356 e. The Hall–Kier alpha value is -3.36. The molecule has 1 aliphatic rings. The second-order valence-corrected chi connectivity index (χ2v) is 8.30. The van der Waals surface area contributed by atoms with Gasteiger partial charge in [-0.1, -0.05) is 30.3 Å². The molecule has 2 aromatic carbocycles. The monoisotopic (exact) mass is 475 g/mol. The van der Waals surface area contributed by atoms with Gasteiger partial charge in [0.1, 0.15) is 0 Å². The molecule has 0 aliphatic carbocycles. The number of carbonyl (C=O) groups excluding carboxylic acids is 3. The van der Waals surface area contributed by atoms with E-state index in [2.05, 4.69) is 10.6 Å². The number of hydrogen-bond donors (Lipinski definition) is 2. The molecular weight excluding hydrogens is 447 g/mol. The van der Waals surface area contributed by atoms with Gasteiger partial charge in [-0.05, 0) is 49.1 Å². The Bertz CT molecular complexity index is 996. The van der Waals surface area contributed by atoms with Crippen molar-refractivity contribution in [3.8, 4) is 0 Å². The van der Waals surface area contributed by atoms with E-state index in [9.17, 15) is 27.6 Å². The van der Waals surface area contributed by atoms with Gasteiger partial charge in [0.25, 0.3) is 5.91 Å². The zero-order valence-electron chi connectivity index (χ0n) is 18.7. The van der Waals surface area contributed by atoms with Crippen LogP contribution in [0, 0.1) is 5.92 Å². The number of halogens is 3. The van der Waals surface area contributed by atoms with Crippen LogP contribution in [0.2, 0.25) is 0 Å². The third-order valence-electron chi connectivity index (χ3n) is 5.80. The predicted octanol–water partition coefficient (Wildman–Crippen LogP) is 3.77. The van der Waals surface area contributed by atoms with E-state index < -0.39 is 17.7 Å². The van der Waals surface area contributed by atoms with Crippen molar-refractivity contribution in [2.75, 3.05) is 19.6 Å². The summed E-state index contributed by atoms with van der Waals surface area (Å²) in [6.45, 7) is 0.974. The van der Waals surface area contributed by atoms with Gasteiger partial charge in [-0.2, -0.15) is 13.2 Å². The van der Waals surface area contributed by atoms with Crippen LogP contribution in [0.15, 0.2) is 54.6 Å². The Morgan fingerprint density at radius 1 is 1.03 bits per heavy atom. The van der Waals surface area contributed by atoms with Gasteiger partial charge in [0.15, 0.2) is 0 Å². The van der Waals surface area contributed by atoms with Crippen LogP contribution in [-0.2, 0) is 22.3 Å². The van der Waals surface area contributed by atoms with E-state index in [1.165, 1.54) is 12.1 Å². The van der Waals surface area contributed by atoms with Crippen LogP contribution in [0.25, 0.3) is 0 Å². The van der Waals surface area contributed by atoms with Crippen LogP contribution in [0.4, 0.5) is 13.2 Å². The maximum Gasteiger partial charge on any atom is 0.416 e. The molecule has 0 bridgehead atoms. The van der Waals surface area contributed by atoms with Crippen LogP contribution in [-0.4, -0.2) is 42.3 Å². The second-order valence-electron chi connectivity index (χ2n) is 8.30. The highest BCUT2D eigenvalue weighted by Gasteiger charge is 2.30. The summed E-state index contributed by atoms with van der Waals surface area (Å²) in [5.74, 6) is -1.08. The van der Waals surface area contributed by atoms with E-state index >= 15 is 0 Å². The normalized spacial score (nSPS) is 17.9. The molecule has 9 heteroatoms. The molecule has 0 spiro atoms. The lowest BCUT2D eigenvalue weighted by Crippen LogP contribution is -2.35. The maximum atomic E-state index is 12.9. The van der Waals surface area contributed by atoms with Crippen molar-refractivity contribution in [3.63, 3.8) is 0 Å². The molecule has 1 fully saturated rings. The molecular formula is C25H28F3N3O3. The summed E-state index contributed by atoms with van der Waals surface area (Å²) < 4.78 is 38.8. The van der Waals surface area contributed by atoms with Gasteiger partial charge in [-0.25, -0.2) is 0 Å². The maximum absolute atomic E-state index is 12.9. The first kappa shape index (κ1) is 25.3. The molecule has 2 aromatic rings. The molecule has 1 heterocycles. The lowest BCUT2D eigenvalue weighted by atomic mass is 9.97. The molecule has 2 N–H and O–H groups in total. The predicted molar refractivity (Wildman–Crippen MR) is 121 cm³/mol. The molecule has 6 nitrogen and oxygen atoms in total. The smallest absolute Gasteiger partial charge is 0.356 e. The van der Waals surface area contributed by atoms with Crippen molar-refractivity contribution in [1.82, 2.24) is 15.5 Å². The molecule has 1 atom stereocenters. The Balaban J connectivity index is 1.62. The van der Waals surface area contributed by atoms with E-state index in [1.54, 1.807) is 29.2 Å². The summed E-state index contributed by atoms with van der Waals surface area (Å²) >= 11 is 0. The molecule has 3 rings (SSSR count). The highest BCUT2D eigenvalue weighted by molar-refractivity contribution is 5.94. The first-order valence-electron chi connectivity index (χ1n) is 11.3. The van der Waals surface area contributed by atoms with Crippen molar-refractivity contribution >= 4 is 17.7 Å². The third kappa shape index (κ3) is 7.33. The van der Waals surface area contributed by atoms with Crippen molar-refractivity contribution in [1.29, 1.82) is 0 Å². The molecule has 3 amide bonds. The summed E-state index contributed by atoms with van der Waals surface area (Å²) in [5, 5.41) is 5.50. The van der Waals surface area contributed by atoms with Gasteiger partial charge < -0.3 is 15.5 Å². The van der Waals surface area contributed by atoms with E-state index in [0.29, 0.717) is 43.5 Å². The number of nitrogens with one attached hydrogen (secondary N) is 2. The van der Waals surface area contributed by atoms with Gasteiger partial charge in [0, 0.05) is 44.1 Å². The molecule has 0 saturated carbocycles. The topological polar surface area (TPSA) is 78.5 Å². The Kier molecular flexibility index (Phi) is 8.67. The fourth-order valence-electron chi connectivity index (χ4n) is 3.92. The average Bonchev–Trinajstić information content (AvgIpc) is 2.87. The van der Waals surface area contributed by atoms with Crippen LogP contribution in [0.3, 0.4) is 0 Å². The highest BCUT2D eigenvalue weighted by atomic mass is 19.4. The second kappa shape index (κ2) is 11.7. The summed E-state index contributed by atoms with van der Waals surface area (Å²) in [4.78, 5) is 39.5. The minimum absolute atomic E-state index is 0.0236. The molecule has 182 valence electrons. The fourth-order valence-corrected chi connectivity index (χ4v) is 3.92. The standard InChI is InChI=1S/C25H28F3N3O3/c26-25(27,28)21-10-4-6-18(16-21)17-30-23(33)19-9-5-14-31(15-12-22(32)29-13-11-19)24(34)20-7-2-1-3-8-20/h1-4,6-8,10,16,19H,5,9,11-15,17H2,(H,29,32)(H,30,33). The summed E-state index contributed by atoms with van der Waals surface area (Å²) in [6, 6.07) is 13.7. The molecule has 1 aliphatic heterocycles. The van der Waals surface area contributed by atoms with Crippen molar-refractivity contribution in [3.05, 3.63) is 71.3 Å². The average molecular weight is 476 g/mol. The summed E-state index contributed by atoms with van der Waals surface area (Å²) in [7, 11) is 0. The van der Waals surface area contributed by atoms with Crippen LogP contribution < -0.4 is 10.6 Å². The lowest BCUT2D eigenvalue weighted by Gasteiger charge is -2.23. The van der Waals surface area contributed by atoms with E-state index in [0.717, 1.165) is 12.1 Å². The molecule has 0 aromatic heterocycles. The van der Waals surface area contributed by atoms with E-state index in [4.69, 9.17) is 0 Å². The highest BCUT2D eigenvalue weighted by Crippen LogP contribution is 2.29. The number of amides is 3. The molecule has 34 heavy (non-hydrogen) atoms. The quantitative estimate of drug-likeness (QED) is 0.707. The first-order chi connectivity index (χ1) is 16.2. The Morgan fingerprint density at radius 2 is 1.79 bits per heavy atom. The van der Waals surface area contributed by atoms with Crippen LogP contribution >= 0.6 is 0 Å². The SMILES string of the molecule is O=C1CCN(C(=O)c2ccccc2)CCCC(C(=O)NCc2cccc(C(F)(F)F)c2)CCN1. The Morgan fingerprint density at radius 3 is 2.53 bits per heavy atom. The van der Waals surface area contributed by atoms with Crippen molar-refractivity contribution in [2.24, 2.45) is 5.92 Å². The summed E-state index contributed by atoms with van der Waals surface area (Å²) in [5.41, 5.74) is 0.126. The number of nitrogens with zero attached hydrogens (tertiary/aromatic N) is 1. The van der Waals surface area contributed by atoms with Gasteiger partial charge >= 0.3 is 6.18 Å². The number of rotatable bonds is 4. The summed E-state index contributed by atoms with van der Waals surface area (Å²) in [6.07, 6.45) is -2.81. The fraction of sp³-hybridized carbons (Fsp3) is 0.400. The molecule has 1 unspecified atom stereocenters. The number of carbonyl (C=O) groups is 3. The minimum atomic E-state index is -4.45. The van der Waals surface area contributed by atoms with Crippen molar-refractivity contribution < 1.29 is 27.6 Å². The molecule has 0 radical (unpaired) electrons. The number of benzene rings is 2. The number of hydrogen-bond acceptors (Lipinski definition) is 3. The van der Waals surface area contributed by atoms with Crippen LogP contribution in [0.5, 0.6) is 0 Å². The zero-order chi connectivity index (χ0) is 24.6. The van der Waals surface area contributed by atoms with Crippen molar-refractivity contribution in [2.45, 2.75) is 38.4 Å².